The van der Waals surface area contributed by atoms with Gasteiger partial charge >= 0.3 is 0 Å². The second-order valence-electron chi connectivity index (χ2n) is 5.34. The van der Waals surface area contributed by atoms with Crippen molar-refractivity contribution >= 4 is 11.8 Å². The Morgan fingerprint density at radius 2 is 2.05 bits per heavy atom. The Morgan fingerprint density at radius 1 is 1.29 bits per heavy atom. The fourth-order valence-electron chi connectivity index (χ4n) is 2.28. The molecule has 0 saturated carbocycles. The number of nitrogens with one attached hydrogen (secondary N) is 1. The van der Waals surface area contributed by atoms with Crippen molar-refractivity contribution in [3.8, 4) is 11.1 Å². The molecule has 0 bridgehead atoms. The summed E-state index contributed by atoms with van der Waals surface area (Å²) in [7, 11) is 0. The zero-order valence-electron chi connectivity index (χ0n) is 12.7. The molecule has 1 aromatic heterocycles. The topological polar surface area (TPSA) is 63.8 Å². The zero-order chi connectivity index (χ0) is 15.4. The standard InChI is InChI=1S/C16H21FN4/c1-4-5-11-8-12(17)6-7-13(11)14-9-19-16(18)21-15(14)20-10(2)3/h6-10H,4-5H2,1-3H3,(H3,18,19,20,21). The molecular weight excluding hydrogens is 267 g/mol. The van der Waals surface area contributed by atoms with E-state index in [1.165, 1.54) is 6.07 Å². The van der Waals surface area contributed by atoms with Gasteiger partial charge in [0.1, 0.15) is 11.6 Å². The number of hydrogen-bond acceptors (Lipinski definition) is 4. The highest BCUT2D eigenvalue weighted by atomic mass is 19.1. The van der Waals surface area contributed by atoms with Crippen LogP contribution in [0.4, 0.5) is 16.2 Å². The van der Waals surface area contributed by atoms with E-state index in [4.69, 9.17) is 5.73 Å². The van der Waals surface area contributed by atoms with Gasteiger partial charge < -0.3 is 11.1 Å². The molecule has 2 rings (SSSR count). The molecule has 0 unspecified atom stereocenters. The first-order valence-corrected chi connectivity index (χ1v) is 7.19. The molecule has 0 amide bonds. The lowest BCUT2D eigenvalue weighted by atomic mass is 9.97. The van der Waals surface area contributed by atoms with Crippen molar-refractivity contribution in [3.63, 3.8) is 0 Å². The summed E-state index contributed by atoms with van der Waals surface area (Å²) in [6.07, 6.45) is 3.44. The number of anilines is 2. The van der Waals surface area contributed by atoms with Gasteiger partial charge in [0.25, 0.3) is 0 Å². The predicted octanol–water partition coefficient (Wildman–Crippen LogP) is 3.64. The number of rotatable bonds is 5. The molecule has 0 radical (unpaired) electrons. The number of nitrogen functional groups attached to an aromatic ring is 1. The monoisotopic (exact) mass is 288 g/mol. The van der Waals surface area contributed by atoms with Gasteiger partial charge in [0.15, 0.2) is 0 Å². The van der Waals surface area contributed by atoms with Crippen molar-refractivity contribution in [2.45, 2.75) is 39.7 Å². The van der Waals surface area contributed by atoms with Crippen LogP contribution >= 0.6 is 0 Å². The van der Waals surface area contributed by atoms with E-state index in [9.17, 15) is 4.39 Å². The summed E-state index contributed by atoms with van der Waals surface area (Å²) >= 11 is 0. The van der Waals surface area contributed by atoms with Crippen molar-refractivity contribution < 1.29 is 4.39 Å². The van der Waals surface area contributed by atoms with Gasteiger partial charge in [0.05, 0.1) is 0 Å². The molecule has 112 valence electrons. The van der Waals surface area contributed by atoms with Crippen LogP contribution in [-0.2, 0) is 6.42 Å². The highest BCUT2D eigenvalue weighted by Gasteiger charge is 2.13. The number of aryl methyl sites for hydroxylation is 1. The van der Waals surface area contributed by atoms with Gasteiger partial charge in [-0.05, 0) is 43.5 Å². The molecule has 0 saturated heterocycles. The Balaban J connectivity index is 2.55. The third-order valence-corrected chi connectivity index (χ3v) is 3.11. The molecule has 3 N–H and O–H groups in total. The number of benzene rings is 1. The first-order chi connectivity index (χ1) is 10.0. The van der Waals surface area contributed by atoms with Gasteiger partial charge in [-0.1, -0.05) is 19.4 Å². The maximum atomic E-state index is 13.5. The minimum atomic E-state index is -0.225. The van der Waals surface area contributed by atoms with Crippen molar-refractivity contribution in [1.82, 2.24) is 9.97 Å². The van der Waals surface area contributed by atoms with Crippen LogP contribution in [0, 0.1) is 5.82 Å². The smallest absolute Gasteiger partial charge is 0.221 e. The lowest BCUT2D eigenvalue weighted by molar-refractivity contribution is 0.625. The minimum absolute atomic E-state index is 0.216. The molecule has 0 atom stereocenters. The summed E-state index contributed by atoms with van der Waals surface area (Å²) in [5, 5.41) is 3.27. The SMILES string of the molecule is CCCc1cc(F)ccc1-c1cnc(N)nc1NC(C)C. The Morgan fingerprint density at radius 3 is 2.71 bits per heavy atom. The van der Waals surface area contributed by atoms with E-state index in [1.807, 2.05) is 13.8 Å². The van der Waals surface area contributed by atoms with E-state index in [0.717, 1.165) is 29.5 Å². The summed E-state index contributed by atoms with van der Waals surface area (Å²) in [6, 6.07) is 5.03. The molecule has 0 aliphatic heterocycles. The van der Waals surface area contributed by atoms with Crippen LogP contribution in [0.3, 0.4) is 0 Å². The summed E-state index contributed by atoms with van der Waals surface area (Å²) in [5.74, 6) is 0.680. The fourth-order valence-corrected chi connectivity index (χ4v) is 2.28. The summed E-state index contributed by atoms with van der Waals surface area (Å²) in [6.45, 7) is 6.13. The highest BCUT2D eigenvalue weighted by Crippen LogP contribution is 2.31. The molecule has 0 aliphatic rings. The first-order valence-electron chi connectivity index (χ1n) is 7.19. The second-order valence-corrected chi connectivity index (χ2v) is 5.34. The molecule has 0 fully saturated rings. The summed E-state index contributed by atoms with van der Waals surface area (Å²) in [5.41, 5.74) is 8.43. The van der Waals surface area contributed by atoms with E-state index in [2.05, 4.69) is 22.2 Å². The van der Waals surface area contributed by atoms with Gasteiger partial charge in [0, 0.05) is 17.8 Å². The number of hydrogen-bond donors (Lipinski definition) is 2. The number of aromatic nitrogens is 2. The van der Waals surface area contributed by atoms with Crippen LogP contribution in [0.1, 0.15) is 32.8 Å². The van der Waals surface area contributed by atoms with E-state index < -0.39 is 0 Å². The van der Waals surface area contributed by atoms with Crippen LogP contribution < -0.4 is 11.1 Å². The molecule has 5 heteroatoms. The molecule has 2 aromatic rings. The quantitative estimate of drug-likeness (QED) is 0.881. The normalized spacial score (nSPS) is 10.9. The summed E-state index contributed by atoms with van der Waals surface area (Å²) in [4.78, 5) is 8.36. The van der Waals surface area contributed by atoms with E-state index >= 15 is 0 Å². The lowest BCUT2D eigenvalue weighted by Gasteiger charge is -2.16. The Hall–Kier alpha value is -2.17. The van der Waals surface area contributed by atoms with Crippen LogP contribution in [-0.4, -0.2) is 16.0 Å². The van der Waals surface area contributed by atoms with Crippen LogP contribution in [0.15, 0.2) is 24.4 Å². The third-order valence-electron chi connectivity index (χ3n) is 3.11. The molecular formula is C16H21FN4. The van der Waals surface area contributed by atoms with Crippen molar-refractivity contribution in [2.24, 2.45) is 0 Å². The number of nitrogens with two attached hydrogens (primary N) is 1. The maximum Gasteiger partial charge on any atom is 0.221 e. The largest absolute Gasteiger partial charge is 0.368 e. The van der Waals surface area contributed by atoms with Gasteiger partial charge in [-0.2, -0.15) is 4.98 Å². The fraction of sp³-hybridized carbons (Fsp3) is 0.375. The first kappa shape index (κ1) is 15.2. The lowest BCUT2D eigenvalue weighted by Crippen LogP contribution is -2.13. The molecule has 4 nitrogen and oxygen atoms in total. The Labute approximate surface area is 124 Å². The third kappa shape index (κ3) is 3.68. The van der Waals surface area contributed by atoms with Crippen LogP contribution in [0.2, 0.25) is 0 Å². The van der Waals surface area contributed by atoms with Gasteiger partial charge in [0.2, 0.25) is 5.95 Å². The Kier molecular flexibility index (Phi) is 4.73. The molecule has 21 heavy (non-hydrogen) atoms. The molecule has 1 aromatic carbocycles. The number of halogens is 1. The average Bonchev–Trinajstić information content (AvgIpc) is 2.40. The van der Waals surface area contributed by atoms with E-state index in [-0.39, 0.29) is 17.8 Å². The minimum Gasteiger partial charge on any atom is -0.368 e. The Bertz CT molecular complexity index is 626. The van der Waals surface area contributed by atoms with E-state index in [1.54, 1.807) is 18.3 Å². The predicted molar refractivity (Wildman–Crippen MR) is 84.6 cm³/mol. The van der Waals surface area contributed by atoms with Crippen LogP contribution in [0.5, 0.6) is 0 Å². The zero-order valence-corrected chi connectivity index (χ0v) is 12.7. The van der Waals surface area contributed by atoms with Gasteiger partial charge in [-0.15, -0.1) is 0 Å². The van der Waals surface area contributed by atoms with Crippen molar-refractivity contribution in [2.75, 3.05) is 11.1 Å². The maximum absolute atomic E-state index is 13.5. The summed E-state index contributed by atoms with van der Waals surface area (Å²) < 4.78 is 13.5. The van der Waals surface area contributed by atoms with Gasteiger partial charge in [-0.3, -0.25) is 0 Å². The second kappa shape index (κ2) is 6.52. The average molecular weight is 288 g/mol. The highest BCUT2D eigenvalue weighted by molar-refractivity contribution is 5.77. The van der Waals surface area contributed by atoms with Crippen molar-refractivity contribution in [1.29, 1.82) is 0 Å². The van der Waals surface area contributed by atoms with E-state index in [0.29, 0.717) is 5.82 Å². The molecule has 0 aliphatic carbocycles. The van der Waals surface area contributed by atoms with Crippen LogP contribution in [0.25, 0.3) is 11.1 Å². The molecule has 1 heterocycles. The van der Waals surface area contributed by atoms with Gasteiger partial charge in [-0.25, -0.2) is 9.37 Å². The van der Waals surface area contributed by atoms with Crippen molar-refractivity contribution in [3.05, 3.63) is 35.8 Å². The molecule has 0 spiro atoms. The number of nitrogens with zero attached hydrogens (tertiary/aromatic N) is 2.